The second-order valence-electron chi connectivity index (χ2n) is 5.15. The number of aliphatic hydroxyl groups excluding tert-OH is 1. The van der Waals surface area contributed by atoms with Crippen molar-refractivity contribution in [2.45, 2.75) is 26.8 Å². The van der Waals surface area contributed by atoms with Gasteiger partial charge in [0.15, 0.2) is 0 Å². The molecule has 2 heterocycles. The highest BCUT2D eigenvalue weighted by atomic mass is 16.3. The molecule has 1 atom stereocenters. The monoisotopic (exact) mass is 306 g/mol. The average molecular weight is 306 g/mol. The minimum absolute atomic E-state index is 0.0201. The van der Waals surface area contributed by atoms with Gasteiger partial charge in [-0.1, -0.05) is 0 Å². The first-order valence-corrected chi connectivity index (χ1v) is 7.34. The molecule has 0 aromatic carbocycles. The van der Waals surface area contributed by atoms with E-state index in [4.69, 9.17) is 4.42 Å². The van der Waals surface area contributed by atoms with Crippen molar-refractivity contribution < 1.29 is 14.3 Å². The first-order valence-electron chi connectivity index (χ1n) is 7.34. The predicted octanol–water partition coefficient (Wildman–Crippen LogP) is 1.78. The minimum atomic E-state index is -0.309. The number of rotatable bonds is 7. The van der Waals surface area contributed by atoms with Crippen molar-refractivity contribution >= 4 is 11.7 Å². The zero-order valence-corrected chi connectivity index (χ0v) is 12.9. The number of aromatic nitrogens is 2. The lowest BCUT2D eigenvalue weighted by atomic mass is 10.1. The summed E-state index contributed by atoms with van der Waals surface area (Å²) >= 11 is 0. The highest BCUT2D eigenvalue weighted by Gasteiger charge is 2.13. The van der Waals surface area contributed by atoms with Crippen LogP contribution in [0.4, 0.5) is 10.5 Å². The molecule has 0 spiro atoms. The summed E-state index contributed by atoms with van der Waals surface area (Å²) in [5.41, 5.74) is 1.46. The number of hydrogen-bond acceptors (Lipinski definition) is 4. The van der Waals surface area contributed by atoms with E-state index in [1.807, 2.05) is 19.9 Å². The highest BCUT2D eigenvalue weighted by molar-refractivity contribution is 5.89. The zero-order valence-electron chi connectivity index (χ0n) is 12.9. The third-order valence-electron chi connectivity index (χ3n) is 3.40. The van der Waals surface area contributed by atoms with Gasteiger partial charge in [-0.3, -0.25) is 4.68 Å². The van der Waals surface area contributed by atoms with E-state index in [0.717, 1.165) is 18.0 Å². The molecule has 3 N–H and O–H groups in total. The summed E-state index contributed by atoms with van der Waals surface area (Å²) in [7, 11) is 0. The molecule has 120 valence electrons. The second-order valence-corrected chi connectivity index (χ2v) is 5.15. The molecule has 0 radical (unpaired) electrons. The van der Waals surface area contributed by atoms with Gasteiger partial charge in [-0.05, 0) is 26.0 Å². The van der Waals surface area contributed by atoms with E-state index in [1.165, 1.54) is 0 Å². The third-order valence-corrected chi connectivity index (χ3v) is 3.40. The fourth-order valence-electron chi connectivity index (χ4n) is 2.12. The summed E-state index contributed by atoms with van der Waals surface area (Å²) < 4.78 is 7.01. The number of amides is 2. The van der Waals surface area contributed by atoms with Gasteiger partial charge in [-0.25, -0.2) is 4.79 Å². The van der Waals surface area contributed by atoms with Crippen molar-refractivity contribution in [1.82, 2.24) is 15.1 Å². The maximum absolute atomic E-state index is 11.9. The predicted molar refractivity (Wildman–Crippen MR) is 82.6 cm³/mol. The number of nitrogens with zero attached hydrogens (tertiary/aromatic N) is 2. The topological polar surface area (TPSA) is 92.3 Å². The Labute approximate surface area is 129 Å². The third kappa shape index (κ3) is 4.36. The van der Waals surface area contributed by atoms with Gasteiger partial charge in [0.05, 0.1) is 17.6 Å². The number of hydrogen-bond donors (Lipinski definition) is 3. The van der Waals surface area contributed by atoms with Gasteiger partial charge < -0.3 is 20.2 Å². The number of aryl methyl sites for hydroxylation is 2. The van der Waals surface area contributed by atoms with E-state index in [2.05, 4.69) is 15.7 Å². The molecule has 2 aromatic rings. The van der Waals surface area contributed by atoms with Crippen molar-refractivity contribution in [1.29, 1.82) is 0 Å². The van der Waals surface area contributed by atoms with Crippen LogP contribution in [-0.4, -0.2) is 34.1 Å². The number of furan rings is 1. The first kappa shape index (κ1) is 16.1. The molecule has 22 heavy (non-hydrogen) atoms. The van der Waals surface area contributed by atoms with Crippen LogP contribution in [0.3, 0.4) is 0 Å². The molecule has 2 aromatic heterocycles. The highest BCUT2D eigenvalue weighted by Crippen LogP contribution is 2.12. The van der Waals surface area contributed by atoms with E-state index in [1.54, 1.807) is 23.2 Å². The fraction of sp³-hybridized carbons (Fsp3) is 0.467. The lowest BCUT2D eigenvalue weighted by molar-refractivity contribution is 0.213. The molecule has 0 unspecified atom stereocenters. The lowest BCUT2D eigenvalue weighted by Crippen LogP contribution is -2.35. The first-order chi connectivity index (χ1) is 10.6. The summed E-state index contributed by atoms with van der Waals surface area (Å²) in [4.78, 5) is 11.9. The molecular formula is C15H22N4O3. The van der Waals surface area contributed by atoms with Gasteiger partial charge in [0.25, 0.3) is 0 Å². The Morgan fingerprint density at radius 1 is 1.55 bits per heavy atom. The van der Waals surface area contributed by atoms with Crippen LogP contribution in [0.25, 0.3) is 0 Å². The van der Waals surface area contributed by atoms with Crippen molar-refractivity contribution in [3.8, 4) is 0 Å². The summed E-state index contributed by atoms with van der Waals surface area (Å²) in [6, 6.07) is 3.35. The van der Waals surface area contributed by atoms with E-state index in [0.29, 0.717) is 18.7 Å². The summed E-state index contributed by atoms with van der Waals surface area (Å²) in [6.45, 7) is 4.92. The SMILES string of the molecule is CCn1cc(NC(=O)NC[C@@H](CO)Cc2ccco2)c(C)n1. The van der Waals surface area contributed by atoms with Crippen LogP contribution in [0.15, 0.2) is 29.0 Å². The van der Waals surface area contributed by atoms with Gasteiger partial charge in [-0.2, -0.15) is 5.10 Å². The fourth-order valence-corrected chi connectivity index (χ4v) is 2.12. The standard InChI is InChI=1S/C15H22N4O3/c1-3-19-9-14(11(2)18-19)17-15(21)16-8-12(10-20)7-13-5-4-6-22-13/h4-6,9,12,20H,3,7-8,10H2,1-2H3,(H2,16,17,21)/t12-/m0/s1. The maximum atomic E-state index is 11.9. The Bertz CT molecular complexity index is 592. The molecule has 0 saturated carbocycles. The maximum Gasteiger partial charge on any atom is 0.319 e. The molecule has 0 aliphatic carbocycles. The number of anilines is 1. The summed E-state index contributed by atoms with van der Waals surface area (Å²) in [6.07, 6.45) is 3.97. The van der Waals surface area contributed by atoms with E-state index < -0.39 is 0 Å². The number of nitrogens with one attached hydrogen (secondary N) is 2. The quantitative estimate of drug-likeness (QED) is 0.727. The van der Waals surface area contributed by atoms with Crippen LogP contribution in [0, 0.1) is 12.8 Å². The normalized spacial score (nSPS) is 12.1. The van der Waals surface area contributed by atoms with Crippen molar-refractivity contribution in [3.63, 3.8) is 0 Å². The smallest absolute Gasteiger partial charge is 0.319 e. The molecule has 0 aliphatic rings. The van der Waals surface area contributed by atoms with Crippen molar-refractivity contribution in [2.75, 3.05) is 18.5 Å². The van der Waals surface area contributed by atoms with E-state index >= 15 is 0 Å². The van der Waals surface area contributed by atoms with Crippen LogP contribution in [-0.2, 0) is 13.0 Å². The Hall–Kier alpha value is -2.28. The van der Waals surface area contributed by atoms with Crippen molar-refractivity contribution in [2.24, 2.45) is 5.92 Å². The lowest BCUT2D eigenvalue weighted by Gasteiger charge is -2.14. The number of carbonyl (C=O) groups excluding carboxylic acids is 1. The van der Waals surface area contributed by atoms with Crippen LogP contribution in [0.5, 0.6) is 0 Å². The minimum Gasteiger partial charge on any atom is -0.469 e. The molecule has 7 heteroatoms. The van der Waals surface area contributed by atoms with Gasteiger partial charge >= 0.3 is 6.03 Å². The summed E-state index contributed by atoms with van der Waals surface area (Å²) in [5.74, 6) is 0.706. The zero-order chi connectivity index (χ0) is 15.9. The largest absolute Gasteiger partial charge is 0.469 e. The molecule has 7 nitrogen and oxygen atoms in total. The van der Waals surface area contributed by atoms with Gasteiger partial charge in [0.2, 0.25) is 0 Å². The molecule has 0 bridgehead atoms. The van der Waals surface area contributed by atoms with Crippen molar-refractivity contribution in [3.05, 3.63) is 36.0 Å². The van der Waals surface area contributed by atoms with Crippen LogP contribution in [0.1, 0.15) is 18.4 Å². The van der Waals surface area contributed by atoms with Gasteiger partial charge in [-0.15, -0.1) is 0 Å². The molecule has 0 fully saturated rings. The molecular weight excluding hydrogens is 284 g/mol. The Morgan fingerprint density at radius 3 is 2.95 bits per heavy atom. The van der Waals surface area contributed by atoms with Crippen LogP contribution >= 0.6 is 0 Å². The Balaban J connectivity index is 1.82. The van der Waals surface area contributed by atoms with E-state index in [9.17, 15) is 9.90 Å². The number of carbonyl (C=O) groups is 1. The van der Waals surface area contributed by atoms with Crippen LogP contribution < -0.4 is 10.6 Å². The molecule has 2 amide bonds. The second kappa shape index (κ2) is 7.65. The summed E-state index contributed by atoms with van der Waals surface area (Å²) in [5, 5.41) is 19.2. The average Bonchev–Trinajstić information content (AvgIpc) is 3.13. The van der Waals surface area contributed by atoms with Gasteiger partial charge in [0.1, 0.15) is 5.76 Å². The van der Waals surface area contributed by atoms with Gasteiger partial charge in [0, 0.05) is 38.2 Å². The molecule has 0 aliphatic heterocycles. The van der Waals surface area contributed by atoms with E-state index in [-0.39, 0.29) is 18.6 Å². The Kier molecular flexibility index (Phi) is 5.60. The molecule has 0 saturated heterocycles. The Morgan fingerprint density at radius 2 is 2.36 bits per heavy atom. The number of urea groups is 1. The number of aliphatic hydroxyl groups is 1. The van der Waals surface area contributed by atoms with Crippen LogP contribution in [0.2, 0.25) is 0 Å². The molecule has 2 rings (SSSR count).